The molecule has 4 aromatic rings. The fourth-order valence-electron chi connectivity index (χ4n) is 4.62. The maximum absolute atomic E-state index is 13.5. The number of carbonyl (C=O) groups excluding carboxylic acids is 1. The Bertz CT molecular complexity index is 1360. The van der Waals surface area contributed by atoms with Crippen LogP contribution in [0, 0.1) is 0 Å². The lowest BCUT2D eigenvalue weighted by atomic mass is 10.1. The fourth-order valence-corrected chi connectivity index (χ4v) is 4.62. The molecule has 1 aliphatic rings. The van der Waals surface area contributed by atoms with E-state index in [2.05, 4.69) is 5.10 Å². The van der Waals surface area contributed by atoms with Gasteiger partial charge in [-0.1, -0.05) is 30.3 Å². The number of H-pyrrole nitrogens is 1. The highest BCUT2D eigenvalue weighted by Gasteiger charge is 2.33. The molecule has 37 heavy (non-hydrogen) atoms. The second kappa shape index (κ2) is 11.4. The van der Waals surface area contributed by atoms with Gasteiger partial charge in [0.25, 0.3) is 11.5 Å². The number of carbonyl (C=O) groups is 1. The monoisotopic (exact) mass is 499 g/mol. The van der Waals surface area contributed by atoms with Gasteiger partial charge in [0.05, 0.1) is 12.9 Å². The van der Waals surface area contributed by atoms with Gasteiger partial charge >= 0.3 is 0 Å². The van der Waals surface area contributed by atoms with Crippen LogP contribution in [0.15, 0.2) is 82.2 Å². The lowest BCUT2D eigenvalue weighted by molar-refractivity contribution is 0.0728. The van der Waals surface area contributed by atoms with E-state index in [0.29, 0.717) is 18.7 Å². The standard InChI is InChI=1S/C30H33N3O4/c1-32-26(20-29(34)31-32)9-3-2-6-18-36-28-10-5-4-8-24(28)21-33(25-16-17-25)30(35)23-14-12-22(13-15-23)27-11-7-19-37-27/h4-5,7-8,10-15,19-20,25H,2-3,6,9,16-18,21H2,1H3,(H,31,34). The highest BCUT2D eigenvalue weighted by molar-refractivity contribution is 5.95. The number of aromatic amines is 1. The maximum atomic E-state index is 13.5. The summed E-state index contributed by atoms with van der Waals surface area (Å²) in [5.41, 5.74) is 3.63. The summed E-state index contributed by atoms with van der Waals surface area (Å²) in [6.07, 6.45) is 7.53. The van der Waals surface area contributed by atoms with Crippen molar-refractivity contribution < 1.29 is 13.9 Å². The summed E-state index contributed by atoms with van der Waals surface area (Å²) in [5, 5.41) is 2.75. The van der Waals surface area contributed by atoms with Gasteiger partial charge in [-0.2, -0.15) is 0 Å². The molecule has 0 aliphatic heterocycles. The highest BCUT2D eigenvalue weighted by Crippen LogP contribution is 2.32. The molecule has 0 atom stereocenters. The van der Waals surface area contributed by atoms with Crippen molar-refractivity contribution in [2.24, 2.45) is 7.05 Å². The van der Waals surface area contributed by atoms with E-state index in [4.69, 9.17) is 9.15 Å². The zero-order chi connectivity index (χ0) is 25.6. The minimum Gasteiger partial charge on any atom is -0.493 e. The number of para-hydroxylation sites is 1. The second-order valence-corrected chi connectivity index (χ2v) is 9.66. The zero-order valence-corrected chi connectivity index (χ0v) is 21.2. The van der Waals surface area contributed by atoms with Crippen molar-refractivity contribution in [2.75, 3.05) is 6.61 Å². The molecule has 0 radical (unpaired) electrons. The lowest BCUT2D eigenvalue weighted by Crippen LogP contribution is -2.32. The Morgan fingerprint density at radius 1 is 1.05 bits per heavy atom. The average molecular weight is 500 g/mol. The summed E-state index contributed by atoms with van der Waals surface area (Å²) in [7, 11) is 1.86. The first-order valence-corrected chi connectivity index (χ1v) is 13.0. The Labute approximate surface area is 216 Å². The van der Waals surface area contributed by atoms with Crippen LogP contribution in [0.2, 0.25) is 0 Å². The number of furan rings is 1. The number of hydrogen-bond donors (Lipinski definition) is 1. The Balaban J connectivity index is 1.16. The Kier molecular flexibility index (Phi) is 7.59. The molecule has 1 fully saturated rings. The van der Waals surface area contributed by atoms with Crippen LogP contribution in [0.1, 0.15) is 53.7 Å². The van der Waals surface area contributed by atoms with Gasteiger partial charge in [-0.25, -0.2) is 0 Å². The third kappa shape index (κ3) is 6.23. The van der Waals surface area contributed by atoms with E-state index in [9.17, 15) is 9.59 Å². The topological polar surface area (TPSA) is 80.5 Å². The molecule has 7 heteroatoms. The van der Waals surface area contributed by atoms with Crippen molar-refractivity contribution in [1.82, 2.24) is 14.7 Å². The number of aromatic nitrogens is 2. The molecule has 2 aromatic carbocycles. The third-order valence-corrected chi connectivity index (χ3v) is 6.84. The van der Waals surface area contributed by atoms with Crippen LogP contribution in [0.3, 0.4) is 0 Å². The van der Waals surface area contributed by atoms with E-state index in [1.807, 2.05) is 72.6 Å². The van der Waals surface area contributed by atoms with E-state index in [1.165, 1.54) is 0 Å². The van der Waals surface area contributed by atoms with Crippen molar-refractivity contribution in [1.29, 1.82) is 0 Å². The lowest BCUT2D eigenvalue weighted by Gasteiger charge is -2.24. The highest BCUT2D eigenvalue weighted by atomic mass is 16.5. The number of rotatable bonds is 12. The molecule has 1 N–H and O–H groups in total. The van der Waals surface area contributed by atoms with Crippen molar-refractivity contribution in [2.45, 2.75) is 51.1 Å². The smallest absolute Gasteiger partial charge is 0.264 e. The minimum absolute atomic E-state index is 0.0439. The molecule has 7 nitrogen and oxygen atoms in total. The first-order chi connectivity index (χ1) is 18.1. The van der Waals surface area contributed by atoms with Gasteiger partial charge in [-0.3, -0.25) is 19.4 Å². The van der Waals surface area contributed by atoms with Crippen LogP contribution < -0.4 is 10.3 Å². The van der Waals surface area contributed by atoms with Crippen LogP contribution in [-0.4, -0.2) is 33.2 Å². The average Bonchev–Trinajstić information content (AvgIpc) is 3.49. The van der Waals surface area contributed by atoms with E-state index < -0.39 is 0 Å². The normalized spacial score (nSPS) is 13.0. The zero-order valence-electron chi connectivity index (χ0n) is 21.2. The molecule has 0 unspecified atom stereocenters. The predicted octanol–water partition coefficient (Wildman–Crippen LogP) is 5.57. The van der Waals surface area contributed by atoms with Gasteiger partial charge < -0.3 is 14.1 Å². The van der Waals surface area contributed by atoms with Gasteiger partial charge in [-0.15, -0.1) is 0 Å². The Morgan fingerprint density at radius 2 is 1.86 bits per heavy atom. The Hall–Kier alpha value is -4.00. The molecular weight excluding hydrogens is 466 g/mol. The van der Waals surface area contributed by atoms with Gasteiger partial charge in [0, 0.05) is 48.1 Å². The third-order valence-electron chi connectivity index (χ3n) is 6.84. The molecule has 0 spiro atoms. The summed E-state index contributed by atoms with van der Waals surface area (Å²) in [4.78, 5) is 26.8. The number of nitrogens with one attached hydrogen (secondary N) is 1. The first kappa shape index (κ1) is 24.7. The van der Waals surface area contributed by atoms with Crippen molar-refractivity contribution >= 4 is 5.91 Å². The number of aryl methyl sites for hydroxylation is 2. The molecule has 192 valence electrons. The summed E-state index contributed by atoms with van der Waals surface area (Å²) in [5.74, 6) is 1.67. The molecule has 1 aliphatic carbocycles. The quantitative estimate of drug-likeness (QED) is 0.259. The van der Waals surface area contributed by atoms with Crippen LogP contribution in [0.4, 0.5) is 0 Å². The molecule has 1 saturated carbocycles. The summed E-state index contributed by atoms with van der Waals surface area (Å²) < 4.78 is 13.4. The van der Waals surface area contributed by atoms with Gasteiger partial charge in [-0.05, 0) is 68.9 Å². The Morgan fingerprint density at radius 3 is 2.57 bits per heavy atom. The summed E-state index contributed by atoms with van der Waals surface area (Å²) >= 11 is 0. The first-order valence-electron chi connectivity index (χ1n) is 13.0. The van der Waals surface area contributed by atoms with Crippen LogP contribution in [-0.2, 0) is 20.0 Å². The number of hydrogen-bond acceptors (Lipinski definition) is 4. The van der Waals surface area contributed by atoms with Crippen molar-refractivity contribution in [3.63, 3.8) is 0 Å². The van der Waals surface area contributed by atoms with Crippen LogP contribution >= 0.6 is 0 Å². The summed E-state index contributed by atoms with van der Waals surface area (Å²) in [6.45, 7) is 1.15. The second-order valence-electron chi connectivity index (χ2n) is 9.66. The van der Waals surface area contributed by atoms with Crippen molar-refractivity contribution in [3.05, 3.63) is 100 Å². The van der Waals surface area contributed by atoms with Crippen LogP contribution in [0.25, 0.3) is 11.3 Å². The molecule has 1 amide bonds. The van der Waals surface area contributed by atoms with E-state index in [0.717, 1.165) is 66.9 Å². The summed E-state index contributed by atoms with van der Waals surface area (Å²) in [6, 6.07) is 21.3. The number of ether oxygens (including phenoxy) is 1. The minimum atomic E-state index is -0.0537. The number of unbranched alkanes of at least 4 members (excludes halogenated alkanes) is 2. The molecular formula is C30H33N3O4. The van der Waals surface area contributed by atoms with E-state index >= 15 is 0 Å². The molecule has 2 heterocycles. The van der Waals surface area contributed by atoms with E-state index in [1.54, 1.807) is 17.0 Å². The molecule has 0 bridgehead atoms. The largest absolute Gasteiger partial charge is 0.493 e. The van der Waals surface area contributed by atoms with Crippen LogP contribution in [0.5, 0.6) is 5.75 Å². The molecule has 0 saturated heterocycles. The predicted molar refractivity (Wildman–Crippen MR) is 143 cm³/mol. The fraction of sp³-hybridized carbons (Fsp3) is 0.333. The SMILES string of the molecule is Cn1[nH]c(=O)cc1CCCCCOc1ccccc1CN(C(=O)c1ccc(-c2ccco2)cc1)C1CC1. The van der Waals surface area contributed by atoms with Gasteiger partial charge in [0.2, 0.25) is 0 Å². The van der Waals surface area contributed by atoms with Gasteiger partial charge in [0.15, 0.2) is 0 Å². The van der Waals surface area contributed by atoms with E-state index in [-0.39, 0.29) is 17.5 Å². The molecule has 5 rings (SSSR count). The maximum Gasteiger partial charge on any atom is 0.264 e. The number of amides is 1. The number of benzene rings is 2. The van der Waals surface area contributed by atoms with Crippen molar-refractivity contribution in [3.8, 4) is 17.1 Å². The number of nitrogens with zero attached hydrogens (tertiary/aromatic N) is 2. The molecule has 2 aromatic heterocycles. The van der Waals surface area contributed by atoms with Gasteiger partial charge in [0.1, 0.15) is 11.5 Å².